The zero-order valence-corrected chi connectivity index (χ0v) is 17.9. The van der Waals surface area contributed by atoms with Crippen molar-refractivity contribution in [1.82, 2.24) is 9.88 Å². The van der Waals surface area contributed by atoms with Crippen molar-refractivity contribution in [3.63, 3.8) is 0 Å². The molecule has 6 nitrogen and oxygen atoms in total. The van der Waals surface area contributed by atoms with Gasteiger partial charge in [-0.2, -0.15) is 4.99 Å². The van der Waals surface area contributed by atoms with Gasteiger partial charge in [-0.1, -0.05) is 47.4 Å². The van der Waals surface area contributed by atoms with Crippen LogP contribution in [0, 0.1) is 13.8 Å². The monoisotopic (exact) mass is 424 g/mol. The molecule has 1 aliphatic rings. The Balaban J connectivity index is 1.47. The van der Waals surface area contributed by atoms with Crippen molar-refractivity contribution < 1.29 is 9.59 Å². The molecule has 1 aliphatic heterocycles. The number of rotatable bonds is 4. The number of aryl methyl sites for hydroxylation is 1. The maximum atomic E-state index is 12.6. The predicted molar refractivity (Wildman–Crippen MR) is 120 cm³/mol. The van der Waals surface area contributed by atoms with Gasteiger partial charge in [-0.15, -0.1) is 0 Å². The van der Waals surface area contributed by atoms with Crippen molar-refractivity contribution in [3.05, 3.63) is 53.6 Å². The number of hydrogen-bond acceptors (Lipinski definition) is 6. The van der Waals surface area contributed by atoms with Gasteiger partial charge < -0.3 is 5.32 Å². The normalized spacial score (nSPS) is 18.0. The van der Waals surface area contributed by atoms with Crippen molar-refractivity contribution in [2.45, 2.75) is 25.5 Å². The lowest BCUT2D eigenvalue weighted by molar-refractivity contribution is -0.127. The van der Waals surface area contributed by atoms with E-state index in [1.807, 2.05) is 56.3 Å². The molecule has 29 heavy (non-hydrogen) atoms. The summed E-state index contributed by atoms with van der Waals surface area (Å²) >= 11 is 2.79. The number of anilines is 1. The molecule has 0 bridgehead atoms. The third-order valence-electron chi connectivity index (χ3n) is 4.86. The predicted octanol–water partition coefficient (Wildman–Crippen LogP) is 4.50. The largest absolute Gasteiger partial charge is 0.326 e. The van der Waals surface area contributed by atoms with Crippen LogP contribution in [0.25, 0.3) is 10.2 Å². The van der Waals surface area contributed by atoms with Gasteiger partial charge in [0, 0.05) is 19.2 Å². The highest BCUT2D eigenvalue weighted by atomic mass is 32.2. The molecule has 148 valence electrons. The van der Waals surface area contributed by atoms with Gasteiger partial charge in [0.2, 0.25) is 16.9 Å². The van der Waals surface area contributed by atoms with Crippen LogP contribution in [0.2, 0.25) is 0 Å². The van der Waals surface area contributed by atoms with E-state index in [-0.39, 0.29) is 18.2 Å². The molecule has 2 heterocycles. The fourth-order valence-electron chi connectivity index (χ4n) is 3.04. The fourth-order valence-corrected chi connectivity index (χ4v) is 5.07. The van der Waals surface area contributed by atoms with Gasteiger partial charge in [0.15, 0.2) is 5.17 Å². The third kappa shape index (κ3) is 4.04. The van der Waals surface area contributed by atoms with E-state index >= 15 is 0 Å². The van der Waals surface area contributed by atoms with Crippen LogP contribution in [-0.2, 0) is 9.59 Å². The minimum Gasteiger partial charge on any atom is -0.326 e. The first kappa shape index (κ1) is 19.6. The summed E-state index contributed by atoms with van der Waals surface area (Å²) in [6, 6.07) is 13.6. The van der Waals surface area contributed by atoms with Gasteiger partial charge in [0.1, 0.15) is 5.25 Å². The van der Waals surface area contributed by atoms with E-state index in [2.05, 4.69) is 15.3 Å². The van der Waals surface area contributed by atoms with Crippen LogP contribution in [0.1, 0.15) is 17.5 Å². The maximum Gasteiger partial charge on any atom is 0.242 e. The van der Waals surface area contributed by atoms with E-state index in [1.54, 1.807) is 7.05 Å². The number of hydrogen-bond donors (Lipinski definition) is 1. The Hall–Kier alpha value is -2.71. The summed E-state index contributed by atoms with van der Waals surface area (Å²) in [6.07, 6.45) is 0.0973. The number of carbonyl (C=O) groups is 2. The second-order valence-corrected chi connectivity index (χ2v) is 9.04. The average Bonchev–Trinajstić information content (AvgIpc) is 3.21. The number of thiazole rings is 1. The first-order valence-corrected chi connectivity index (χ1v) is 10.9. The molecule has 1 unspecified atom stereocenters. The van der Waals surface area contributed by atoms with E-state index in [0.29, 0.717) is 10.3 Å². The van der Waals surface area contributed by atoms with Crippen molar-refractivity contribution >= 4 is 61.1 Å². The summed E-state index contributed by atoms with van der Waals surface area (Å²) in [7, 11) is 1.68. The number of amides is 2. The molecule has 1 atom stereocenters. The molecule has 0 saturated carbocycles. The summed E-state index contributed by atoms with van der Waals surface area (Å²) in [4.78, 5) is 35.7. The smallest absolute Gasteiger partial charge is 0.242 e. The van der Waals surface area contributed by atoms with Gasteiger partial charge in [0.05, 0.1) is 10.2 Å². The zero-order valence-electron chi connectivity index (χ0n) is 16.3. The second-order valence-electron chi connectivity index (χ2n) is 6.86. The molecular weight excluding hydrogens is 404 g/mol. The summed E-state index contributed by atoms with van der Waals surface area (Å²) in [6.45, 7) is 3.97. The lowest BCUT2D eigenvalue weighted by Crippen LogP contribution is -2.30. The summed E-state index contributed by atoms with van der Waals surface area (Å²) < 4.78 is 1.05. The Morgan fingerprint density at radius 1 is 1.21 bits per heavy atom. The van der Waals surface area contributed by atoms with Gasteiger partial charge >= 0.3 is 0 Å². The molecule has 8 heteroatoms. The first-order chi connectivity index (χ1) is 13.9. The Morgan fingerprint density at radius 3 is 2.79 bits per heavy atom. The zero-order chi connectivity index (χ0) is 20.5. The molecule has 0 spiro atoms. The van der Waals surface area contributed by atoms with Crippen LogP contribution in [0.15, 0.2) is 47.5 Å². The number of amidine groups is 1. The van der Waals surface area contributed by atoms with Crippen molar-refractivity contribution in [2.75, 3.05) is 12.4 Å². The number of nitrogens with one attached hydrogen (secondary N) is 1. The number of fused-ring (bicyclic) bond motifs is 1. The highest BCUT2D eigenvalue weighted by Gasteiger charge is 2.37. The number of aromatic nitrogens is 1. The van der Waals surface area contributed by atoms with Crippen LogP contribution in [-0.4, -0.2) is 39.2 Å². The molecule has 1 N–H and O–H groups in total. The molecule has 4 rings (SSSR count). The molecule has 0 aliphatic carbocycles. The minimum atomic E-state index is -0.488. The summed E-state index contributed by atoms with van der Waals surface area (Å²) in [5.74, 6) is -0.301. The molecule has 3 aromatic rings. The summed E-state index contributed by atoms with van der Waals surface area (Å²) in [5.41, 5.74) is 3.81. The SMILES string of the molecule is Cc1cccc(NC(=O)CC2S/C(=N\c3nc4ccccc4s3)N(C)C2=O)c1C. The molecule has 2 amide bonds. The van der Waals surface area contributed by atoms with Crippen molar-refractivity contribution in [3.8, 4) is 0 Å². The highest BCUT2D eigenvalue weighted by molar-refractivity contribution is 8.15. The fraction of sp³-hybridized carbons (Fsp3) is 0.238. The molecule has 2 aromatic carbocycles. The van der Waals surface area contributed by atoms with E-state index < -0.39 is 5.25 Å². The van der Waals surface area contributed by atoms with Crippen LogP contribution < -0.4 is 5.32 Å². The topological polar surface area (TPSA) is 74.7 Å². The number of para-hydroxylation sites is 1. The van der Waals surface area contributed by atoms with Crippen LogP contribution >= 0.6 is 23.1 Å². The Labute approximate surface area is 177 Å². The Morgan fingerprint density at radius 2 is 2.00 bits per heavy atom. The van der Waals surface area contributed by atoms with E-state index in [1.165, 1.54) is 28.0 Å². The number of thioether (sulfide) groups is 1. The molecule has 0 radical (unpaired) electrons. The Bertz CT molecular complexity index is 1110. The van der Waals surface area contributed by atoms with Crippen molar-refractivity contribution in [1.29, 1.82) is 0 Å². The summed E-state index contributed by atoms with van der Waals surface area (Å²) in [5, 5.41) is 3.61. The highest BCUT2D eigenvalue weighted by Crippen LogP contribution is 2.34. The van der Waals surface area contributed by atoms with Gasteiger partial charge in [-0.3, -0.25) is 14.5 Å². The number of carbonyl (C=O) groups excluding carboxylic acids is 2. The quantitative estimate of drug-likeness (QED) is 0.669. The van der Waals surface area contributed by atoms with E-state index in [4.69, 9.17) is 0 Å². The van der Waals surface area contributed by atoms with Gasteiger partial charge in [0.25, 0.3) is 0 Å². The van der Waals surface area contributed by atoms with Crippen LogP contribution in [0.3, 0.4) is 0 Å². The third-order valence-corrected chi connectivity index (χ3v) is 7.02. The van der Waals surface area contributed by atoms with E-state index in [0.717, 1.165) is 27.0 Å². The Kier molecular flexibility index (Phi) is 5.38. The minimum absolute atomic E-state index is 0.0973. The number of benzene rings is 2. The maximum absolute atomic E-state index is 12.6. The van der Waals surface area contributed by atoms with Gasteiger partial charge in [-0.25, -0.2) is 4.98 Å². The first-order valence-electron chi connectivity index (χ1n) is 9.17. The van der Waals surface area contributed by atoms with Gasteiger partial charge in [-0.05, 0) is 43.2 Å². The molecule has 1 saturated heterocycles. The van der Waals surface area contributed by atoms with E-state index in [9.17, 15) is 9.59 Å². The second kappa shape index (κ2) is 7.96. The lowest BCUT2D eigenvalue weighted by Gasteiger charge is -2.12. The standard InChI is InChI=1S/C21H20N4O2S2/c1-12-7-6-9-14(13(12)2)22-18(26)11-17-19(27)25(3)21(29-17)24-20-23-15-8-4-5-10-16(15)28-20/h4-10,17H,11H2,1-3H3,(H,22,26)/b24-21-. The molecule has 1 fully saturated rings. The number of nitrogens with zero attached hydrogens (tertiary/aromatic N) is 3. The van der Waals surface area contributed by atoms with Crippen LogP contribution in [0.4, 0.5) is 10.8 Å². The molecular formula is C21H20N4O2S2. The molecule has 1 aromatic heterocycles. The van der Waals surface area contributed by atoms with Crippen molar-refractivity contribution in [2.24, 2.45) is 4.99 Å². The van der Waals surface area contributed by atoms with Crippen LogP contribution in [0.5, 0.6) is 0 Å². The average molecular weight is 425 g/mol. The lowest BCUT2D eigenvalue weighted by atomic mass is 10.1. The number of aliphatic imine (C=N–C) groups is 1.